The molecule has 2 amide bonds. The van der Waals surface area contributed by atoms with Crippen LogP contribution >= 0.6 is 0 Å². The van der Waals surface area contributed by atoms with Crippen LogP contribution in [0.1, 0.15) is 15.9 Å². The zero-order valence-electron chi connectivity index (χ0n) is 12.3. The topological polar surface area (TPSA) is 100 Å². The first kappa shape index (κ1) is 16.0. The maximum absolute atomic E-state index is 11.7. The number of hydrogen-bond donors (Lipinski definition) is 3. The molecular formula is C16H15N3O4. The Bertz CT molecular complexity index is 744. The van der Waals surface area contributed by atoms with Crippen LogP contribution in [-0.2, 0) is 4.74 Å². The number of urea groups is 1. The number of esters is 1. The van der Waals surface area contributed by atoms with E-state index in [4.69, 9.17) is 0 Å². The highest BCUT2D eigenvalue weighted by Crippen LogP contribution is 2.11. The molecule has 0 aliphatic carbocycles. The average Bonchev–Trinajstić information content (AvgIpc) is 2.54. The normalized spacial score (nSPS) is 10.3. The molecule has 0 unspecified atom stereocenters. The predicted octanol–water partition coefficient (Wildman–Crippen LogP) is 2.33. The monoisotopic (exact) mass is 313 g/mol. The lowest BCUT2D eigenvalue weighted by Crippen LogP contribution is -2.24. The number of rotatable bonds is 4. The summed E-state index contributed by atoms with van der Waals surface area (Å²) in [7, 11) is 1.28. The van der Waals surface area contributed by atoms with Crippen molar-refractivity contribution in [1.82, 2.24) is 5.43 Å². The van der Waals surface area contributed by atoms with E-state index in [-0.39, 0.29) is 5.75 Å². The molecule has 0 aliphatic rings. The molecule has 0 radical (unpaired) electrons. The van der Waals surface area contributed by atoms with Crippen LogP contribution in [0.15, 0.2) is 53.6 Å². The molecule has 0 heterocycles. The minimum Gasteiger partial charge on any atom is -0.508 e. The van der Waals surface area contributed by atoms with Crippen molar-refractivity contribution < 1.29 is 19.4 Å². The predicted molar refractivity (Wildman–Crippen MR) is 85.6 cm³/mol. The van der Waals surface area contributed by atoms with Gasteiger partial charge in [0.25, 0.3) is 0 Å². The lowest BCUT2D eigenvalue weighted by Gasteiger charge is -2.05. The number of hydrazone groups is 1. The van der Waals surface area contributed by atoms with Gasteiger partial charge in [0.15, 0.2) is 0 Å². The summed E-state index contributed by atoms with van der Waals surface area (Å²) < 4.78 is 4.61. The molecule has 0 aliphatic heterocycles. The van der Waals surface area contributed by atoms with Gasteiger partial charge in [-0.15, -0.1) is 0 Å². The third-order valence-electron chi connectivity index (χ3n) is 2.79. The number of benzene rings is 2. The smallest absolute Gasteiger partial charge is 0.339 e. The van der Waals surface area contributed by atoms with Crippen molar-refractivity contribution in [2.24, 2.45) is 5.10 Å². The van der Waals surface area contributed by atoms with Crippen molar-refractivity contribution >= 4 is 23.9 Å². The summed E-state index contributed by atoms with van der Waals surface area (Å²) in [5, 5.41) is 15.6. The molecule has 0 saturated carbocycles. The van der Waals surface area contributed by atoms with Crippen molar-refractivity contribution in [3.63, 3.8) is 0 Å². The fourth-order valence-electron chi connectivity index (χ4n) is 1.77. The van der Waals surface area contributed by atoms with Crippen LogP contribution in [0, 0.1) is 0 Å². The van der Waals surface area contributed by atoms with Gasteiger partial charge in [0.05, 0.1) is 18.9 Å². The van der Waals surface area contributed by atoms with Gasteiger partial charge < -0.3 is 15.2 Å². The lowest BCUT2D eigenvalue weighted by atomic mass is 10.2. The van der Waals surface area contributed by atoms with Gasteiger partial charge in [-0.2, -0.15) is 5.10 Å². The first-order valence-electron chi connectivity index (χ1n) is 6.66. The third-order valence-corrected chi connectivity index (χ3v) is 2.79. The van der Waals surface area contributed by atoms with Gasteiger partial charge in [0, 0.05) is 5.69 Å². The summed E-state index contributed by atoms with van der Waals surface area (Å²) in [4.78, 5) is 23.1. The van der Waals surface area contributed by atoms with E-state index in [1.54, 1.807) is 30.3 Å². The minimum atomic E-state index is -0.566. The Hall–Kier alpha value is -3.35. The summed E-state index contributed by atoms with van der Waals surface area (Å²) in [5.74, 6) is -0.381. The van der Waals surface area contributed by atoms with E-state index in [9.17, 15) is 14.7 Å². The second-order valence-electron chi connectivity index (χ2n) is 4.49. The summed E-state index contributed by atoms with van der Waals surface area (Å²) in [5.41, 5.74) is 3.68. The molecule has 0 saturated heterocycles. The standard InChI is InChI=1S/C16H15N3O4/c1-23-15(21)12-5-3-6-13(9-12)18-16(22)19-17-10-11-4-2-7-14(20)8-11/h2-10,20H,1H3,(H2,18,19,22). The van der Waals surface area contributed by atoms with Crippen LogP contribution in [0.5, 0.6) is 5.75 Å². The number of phenols is 1. The zero-order valence-corrected chi connectivity index (χ0v) is 12.3. The Balaban J connectivity index is 1.93. The fraction of sp³-hybridized carbons (Fsp3) is 0.0625. The van der Waals surface area contributed by atoms with Crippen molar-refractivity contribution in [3.05, 3.63) is 59.7 Å². The Morgan fingerprint density at radius 1 is 1.17 bits per heavy atom. The second kappa shape index (κ2) is 7.60. The van der Waals surface area contributed by atoms with E-state index in [1.165, 1.54) is 31.5 Å². The molecule has 0 fully saturated rings. The van der Waals surface area contributed by atoms with Crippen molar-refractivity contribution in [3.8, 4) is 5.75 Å². The molecule has 2 aromatic carbocycles. The highest BCUT2D eigenvalue weighted by molar-refractivity contribution is 5.94. The van der Waals surface area contributed by atoms with Crippen LogP contribution in [0.4, 0.5) is 10.5 Å². The van der Waals surface area contributed by atoms with Crippen LogP contribution in [0.2, 0.25) is 0 Å². The van der Waals surface area contributed by atoms with Crippen LogP contribution < -0.4 is 10.7 Å². The van der Waals surface area contributed by atoms with Crippen molar-refractivity contribution in [2.45, 2.75) is 0 Å². The average molecular weight is 313 g/mol. The van der Waals surface area contributed by atoms with E-state index in [0.717, 1.165) is 0 Å². The molecule has 118 valence electrons. The number of hydrogen-bond acceptors (Lipinski definition) is 5. The number of nitrogens with zero attached hydrogens (tertiary/aromatic N) is 1. The van der Waals surface area contributed by atoms with Gasteiger partial charge in [-0.1, -0.05) is 18.2 Å². The Morgan fingerprint density at radius 2 is 1.96 bits per heavy atom. The summed E-state index contributed by atoms with van der Waals surface area (Å²) in [6.45, 7) is 0. The van der Waals surface area contributed by atoms with Gasteiger partial charge in [0.1, 0.15) is 5.75 Å². The summed E-state index contributed by atoms with van der Waals surface area (Å²) in [6, 6.07) is 12.2. The molecule has 7 heteroatoms. The van der Waals surface area contributed by atoms with E-state index < -0.39 is 12.0 Å². The molecule has 0 aromatic heterocycles. The van der Waals surface area contributed by atoms with Crippen LogP contribution in [-0.4, -0.2) is 30.4 Å². The number of anilines is 1. The molecule has 23 heavy (non-hydrogen) atoms. The molecule has 0 bridgehead atoms. The number of phenolic OH excluding ortho intramolecular Hbond substituents is 1. The molecule has 2 rings (SSSR count). The molecule has 2 aromatic rings. The van der Waals surface area contributed by atoms with Gasteiger partial charge in [-0.25, -0.2) is 15.0 Å². The number of aromatic hydroxyl groups is 1. The van der Waals surface area contributed by atoms with Gasteiger partial charge in [-0.05, 0) is 35.9 Å². The third kappa shape index (κ3) is 4.85. The zero-order chi connectivity index (χ0) is 16.7. The molecule has 3 N–H and O–H groups in total. The van der Waals surface area contributed by atoms with E-state index >= 15 is 0 Å². The van der Waals surface area contributed by atoms with E-state index in [1.807, 2.05) is 0 Å². The van der Waals surface area contributed by atoms with Gasteiger partial charge in [-0.3, -0.25) is 0 Å². The maximum atomic E-state index is 11.7. The minimum absolute atomic E-state index is 0.109. The Morgan fingerprint density at radius 3 is 2.70 bits per heavy atom. The molecular weight excluding hydrogens is 298 g/mol. The Kier molecular flexibility index (Phi) is 5.30. The number of carbonyl (C=O) groups is 2. The lowest BCUT2D eigenvalue weighted by molar-refractivity contribution is 0.0600. The molecule has 7 nitrogen and oxygen atoms in total. The number of nitrogens with one attached hydrogen (secondary N) is 2. The van der Waals surface area contributed by atoms with Crippen molar-refractivity contribution in [2.75, 3.05) is 12.4 Å². The summed E-state index contributed by atoms with van der Waals surface area (Å²) in [6.07, 6.45) is 1.39. The maximum Gasteiger partial charge on any atom is 0.339 e. The highest BCUT2D eigenvalue weighted by atomic mass is 16.5. The highest BCUT2D eigenvalue weighted by Gasteiger charge is 2.07. The van der Waals surface area contributed by atoms with Crippen molar-refractivity contribution in [1.29, 1.82) is 0 Å². The van der Waals surface area contributed by atoms with E-state index in [0.29, 0.717) is 16.8 Å². The SMILES string of the molecule is COC(=O)c1cccc(NC(=O)NN=Cc2cccc(O)c2)c1. The first-order chi connectivity index (χ1) is 11.1. The second-order valence-corrected chi connectivity index (χ2v) is 4.49. The van der Waals surface area contributed by atoms with Crippen LogP contribution in [0.3, 0.4) is 0 Å². The summed E-state index contributed by atoms with van der Waals surface area (Å²) >= 11 is 0. The molecule has 0 atom stereocenters. The number of carbonyl (C=O) groups excluding carboxylic acids is 2. The quantitative estimate of drug-likeness (QED) is 0.458. The largest absolute Gasteiger partial charge is 0.508 e. The van der Waals surface area contributed by atoms with E-state index in [2.05, 4.69) is 20.6 Å². The number of methoxy groups -OCH3 is 1. The van der Waals surface area contributed by atoms with Crippen LogP contribution in [0.25, 0.3) is 0 Å². The number of ether oxygens (including phenoxy) is 1. The van der Waals surface area contributed by atoms with Gasteiger partial charge in [0.2, 0.25) is 0 Å². The fourth-order valence-corrected chi connectivity index (χ4v) is 1.77. The first-order valence-corrected chi connectivity index (χ1v) is 6.66. The molecule has 0 spiro atoms. The van der Waals surface area contributed by atoms with Gasteiger partial charge >= 0.3 is 12.0 Å². The Labute approximate surface area is 132 Å². The number of amides is 2.